The zero-order valence-corrected chi connectivity index (χ0v) is 17.8. The van der Waals surface area contributed by atoms with Crippen LogP contribution in [0.3, 0.4) is 0 Å². The zero-order chi connectivity index (χ0) is 21.0. The molecular weight excluding hydrogens is 368 g/mol. The molecule has 0 radical (unpaired) electrons. The molecule has 2 aliphatic rings. The molecule has 0 saturated carbocycles. The number of piperidine rings is 1. The fraction of sp³-hybridized carbons (Fsp3) is 0.682. The van der Waals surface area contributed by atoms with Gasteiger partial charge in [-0.25, -0.2) is 4.79 Å². The monoisotopic (exact) mass is 402 g/mol. The number of rotatable bonds is 7. The van der Waals surface area contributed by atoms with E-state index in [1.165, 1.54) is 0 Å². The Morgan fingerprint density at radius 2 is 1.97 bits per heavy atom. The predicted octanol–water partition coefficient (Wildman–Crippen LogP) is 2.31. The number of pyridine rings is 1. The van der Waals surface area contributed by atoms with Crippen LogP contribution in [0.2, 0.25) is 0 Å². The van der Waals surface area contributed by atoms with E-state index >= 15 is 0 Å². The highest BCUT2D eigenvalue weighted by molar-refractivity contribution is 5.87. The quantitative estimate of drug-likeness (QED) is 0.687. The van der Waals surface area contributed by atoms with E-state index in [-0.39, 0.29) is 35.3 Å². The molecule has 1 aromatic heterocycles. The lowest BCUT2D eigenvalue weighted by Crippen LogP contribution is -2.57. The Morgan fingerprint density at radius 3 is 2.69 bits per heavy atom. The minimum atomic E-state index is -0.541. The first kappa shape index (κ1) is 21.4. The highest BCUT2D eigenvalue weighted by Gasteiger charge is 2.37. The summed E-state index contributed by atoms with van der Waals surface area (Å²) < 4.78 is 1.86. The van der Waals surface area contributed by atoms with Crippen LogP contribution >= 0.6 is 0 Å². The first-order valence-electron chi connectivity index (χ1n) is 10.9. The Kier molecular flexibility index (Phi) is 6.98. The molecule has 1 fully saturated rings. The average molecular weight is 403 g/mol. The van der Waals surface area contributed by atoms with Crippen LogP contribution in [0, 0.1) is 11.8 Å². The van der Waals surface area contributed by atoms with E-state index < -0.39 is 6.04 Å². The molecule has 1 aromatic rings. The summed E-state index contributed by atoms with van der Waals surface area (Å²) in [6, 6.07) is 4.66. The number of carbonyl (C=O) groups is 2. The van der Waals surface area contributed by atoms with E-state index in [1.54, 1.807) is 12.1 Å². The molecule has 1 saturated heterocycles. The second kappa shape index (κ2) is 9.46. The molecule has 3 rings (SSSR count). The number of nitrogens with zero attached hydrogens (tertiary/aromatic N) is 2. The Bertz CT molecular complexity index is 789. The molecule has 0 spiro atoms. The van der Waals surface area contributed by atoms with Crippen LogP contribution in [0.5, 0.6) is 0 Å². The number of nitrogens with one attached hydrogen (secondary N) is 2. The molecule has 29 heavy (non-hydrogen) atoms. The average Bonchev–Trinajstić information content (AvgIpc) is 2.69. The molecule has 0 aliphatic carbocycles. The van der Waals surface area contributed by atoms with Crippen molar-refractivity contribution in [1.82, 2.24) is 20.1 Å². The SMILES string of the molecule is CCCCCNC(=O)[C@@H](NC(=O)N1CC2CC(C1)c1cccc(=O)n1C2)C(C)C. The fourth-order valence-corrected chi connectivity index (χ4v) is 4.52. The summed E-state index contributed by atoms with van der Waals surface area (Å²) in [6.45, 7) is 8.52. The van der Waals surface area contributed by atoms with Crippen LogP contribution in [0.1, 0.15) is 58.1 Å². The molecule has 3 atom stereocenters. The van der Waals surface area contributed by atoms with Gasteiger partial charge in [-0.15, -0.1) is 0 Å². The van der Waals surface area contributed by atoms with Gasteiger partial charge in [-0.05, 0) is 30.7 Å². The van der Waals surface area contributed by atoms with E-state index in [4.69, 9.17) is 0 Å². The number of hydrogen-bond donors (Lipinski definition) is 2. The van der Waals surface area contributed by atoms with Crippen molar-refractivity contribution in [3.05, 3.63) is 34.2 Å². The molecule has 2 unspecified atom stereocenters. The predicted molar refractivity (Wildman–Crippen MR) is 113 cm³/mol. The molecule has 3 heterocycles. The highest BCUT2D eigenvalue weighted by atomic mass is 16.2. The van der Waals surface area contributed by atoms with Crippen LogP contribution < -0.4 is 16.2 Å². The summed E-state index contributed by atoms with van der Waals surface area (Å²) in [7, 11) is 0. The maximum absolute atomic E-state index is 13.0. The van der Waals surface area contributed by atoms with Crippen molar-refractivity contribution in [3.8, 4) is 0 Å². The second-order valence-corrected chi connectivity index (χ2v) is 8.77. The maximum atomic E-state index is 13.0. The van der Waals surface area contributed by atoms with Gasteiger partial charge in [0.15, 0.2) is 0 Å². The van der Waals surface area contributed by atoms with Crippen LogP contribution in [-0.4, -0.2) is 47.1 Å². The van der Waals surface area contributed by atoms with Crippen LogP contribution in [0.4, 0.5) is 4.79 Å². The number of carbonyl (C=O) groups excluding carboxylic acids is 2. The number of amides is 3. The molecule has 7 heteroatoms. The normalized spacial score (nSPS) is 21.4. The number of urea groups is 1. The van der Waals surface area contributed by atoms with Gasteiger partial charge in [0.05, 0.1) is 0 Å². The van der Waals surface area contributed by atoms with Crippen molar-refractivity contribution < 1.29 is 9.59 Å². The molecule has 160 valence electrons. The topological polar surface area (TPSA) is 83.4 Å². The second-order valence-electron chi connectivity index (χ2n) is 8.77. The van der Waals surface area contributed by atoms with Crippen molar-refractivity contribution in [1.29, 1.82) is 0 Å². The van der Waals surface area contributed by atoms with Gasteiger partial charge in [-0.2, -0.15) is 0 Å². The molecule has 3 amide bonds. The largest absolute Gasteiger partial charge is 0.354 e. The first-order chi connectivity index (χ1) is 13.9. The van der Waals surface area contributed by atoms with Gasteiger partial charge in [-0.3, -0.25) is 9.59 Å². The van der Waals surface area contributed by atoms with Crippen molar-refractivity contribution in [2.45, 2.75) is 65.0 Å². The van der Waals surface area contributed by atoms with E-state index in [0.29, 0.717) is 26.2 Å². The Morgan fingerprint density at radius 1 is 1.17 bits per heavy atom. The van der Waals surface area contributed by atoms with Gasteiger partial charge in [0, 0.05) is 43.9 Å². The lowest BCUT2D eigenvalue weighted by Gasteiger charge is -2.43. The molecule has 0 aromatic carbocycles. The number of unbranched alkanes of at least 4 members (excludes halogenated alkanes) is 2. The Labute approximate surface area is 172 Å². The lowest BCUT2D eigenvalue weighted by molar-refractivity contribution is -0.123. The van der Waals surface area contributed by atoms with Gasteiger partial charge in [0.1, 0.15) is 6.04 Å². The molecule has 7 nitrogen and oxygen atoms in total. The standard InChI is InChI=1S/C22H34N4O3/c1-4-5-6-10-23-21(28)20(15(2)3)24-22(29)25-12-16-11-17(14-25)18-8-7-9-19(27)26(18)13-16/h7-9,15-17,20H,4-6,10-14H2,1-3H3,(H,23,28)(H,24,29)/t16?,17?,20-/m0/s1. The minimum Gasteiger partial charge on any atom is -0.354 e. The summed E-state index contributed by atoms with van der Waals surface area (Å²) in [5.74, 6) is 0.335. The lowest BCUT2D eigenvalue weighted by atomic mass is 9.83. The van der Waals surface area contributed by atoms with Gasteiger partial charge in [0.25, 0.3) is 5.56 Å². The van der Waals surface area contributed by atoms with Gasteiger partial charge >= 0.3 is 6.03 Å². The summed E-state index contributed by atoms with van der Waals surface area (Å²) in [5.41, 5.74) is 1.05. The van der Waals surface area contributed by atoms with E-state index in [0.717, 1.165) is 31.4 Å². The summed E-state index contributed by atoms with van der Waals surface area (Å²) in [5, 5.41) is 5.91. The third-order valence-electron chi connectivity index (χ3n) is 6.07. The van der Waals surface area contributed by atoms with Crippen LogP contribution in [0.15, 0.2) is 23.0 Å². The number of likely N-dealkylation sites (tertiary alicyclic amines) is 1. The van der Waals surface area contributed by atoms with Gasteiger partial charge in [0.2, 0.25) is 5.91 Å². The van der Waals surface area contributed by atoms with Crippen LogP contribution in [0.25, 0.3) is 0 Å². The highest BCUT2D eigenvalue weighted by Crippen LogP contribution is 2.34. The van der Waals surface area contributed by atoms with Crippen molar-refractivity contribution >= 4 is 11.9 Å². The maximum Gasteiger partial charge on any atom is 0.318 e. The first-order valence-corrected chi connectivity index (χ1v) is 10.9. The summed E-state index contributed by atoms with van der Waals surface area (Å²) in [4.78, 5) is 39.5. The number of hydrogen-bond acceptors (Lipinski definition) is 3. The van der Waals surface area contributed by atoms with Crippen molar-refractivity contribution in [2.75, 3.05) is 19.6 Å². The molecular formula is C22H34N4O3. The van der Waals surface area contributed by atoms with E-state index in [1.807, 2.05) is 29.4 Å². The Hall–Kier alpha value is -2.31. The van der Waals surface area contributed by atoms with Crippen LogP contribution in [-0.2, 0) is 11.3 Å². The van der Waals surface area contributed by atoms with Gasteiger partial charge < -0.3 is 20.1 Å². The Balaban J connectivity index is 1.63. The smallest absolute Gasteiger partial charge is 0.318 e. The van der Waals surface area contributed by atoms with E-state index in [2.05, 4.69) is 17.6 Å². The number of aromatic nitrogens is 1. The molecule has 2 bridgehead atoms. The van der Waals surface area contributed by atoms with Gasteiger partial charge in [-0.1, -0.05) is 39.7 Å². The minimum absolute atomic E-state index is 0.00807. The van der Waals surface area contributed by atoms with Crippen molar-refractivity contribution in [3.63, 3.8) is 0 Å². The zero-order valence-electron chi connectivity index (χ0n) is 17.8. The molecule has 2 N–H and O–H groups in total. The number of fused-ring (bicyclic) bond motifs is 4. The summed E-state index contributed by atoms with van der Waals surface area (Å²) in [6.07, 6.45) is 4.14. The van der Waals surface area contributed by atoms with E-state index in [9.17, 15) is 14.4 Å². The fourth-order valence-electron chi connectivity index (χ4n) is 4.52. The molecule has 2 aliphatic heterocycles. The summed E-state index contributed by atoms with van der Waals surface area (Å²) >= 11 is 0. The third-order valence-corrected chi connectivity index (χ3v) is 6.07. The third kappa shape index (κ3) is 5.00. The van der Waals surface area contributed by atoms with Crippen molar-refractivity contribution in [2.24, 2.45) is 11.8 Å².